The van der Waals surface area contributed by atoms with Gasteiger partial charge in [-0.25, -0.2) is 10.5 Å². The highest BCUT2D eigenvalue weighted by Gasteiger charge is 2.17. The van der Waals surface area contributed by atoms with Crippen LogP contribution in [0.4, 0.5) is 5.69 Å². The van der Waals surface area contributed by atoms with Crippen LogP contribution in [-0.4, -0.2) is 58.8 Å². The Morgan fingerprint density at radius 1 is 1.07 bits per heavy atom. The molecule has 1 aliphatic rings. The maximum absolute atomic E-state index is 11.3. The van der Waals surface area contributed by atoms with Gasteiger partial charge in [0.05, 0.1) is 6.42 Å². The molecule has 0 spiro atoms. The number of piperazine rings is 1. The molecule has 0 atom stereocenters. The fraction of sp³-hybridized carbons (Fsp3) is 0.333. The number of anilines is 1. The molecule has 0 aliphatic carbocycles. The van der Waals surface area contributed by atoms with E-state index in [1.54, 1.807) is 5.48 Å². The van der Waals surface area contributed by atoms with Crippen LogP contribution in [-0.2, 0) is 17.8 Å². The standard InChI is InChI=1S/C21H25N5O2/c1-24-10-12-25(13-11-24)19-6-8-22-21-18(19)7-9-26(21)15-17-4-2-16(3-5-17)14-20(27)23-28/h2-9,28H,10-15H2,1H3,(H,23,27). The van der Waals surface area contributed by atoms with Crippen LogP contribution in [0.15, 0.2) is 48.8 Å². The average Bonchev–Trinajstić information content (AvgIpc) is 3.13. The second kappa shape index (κ2) is 8.00. The molecule has 1 fully saturated rings. The summed E-state index contributed by atoms with van der Waals surface area (Å²) >= 11 is 0. The largest absolute Gasteiger partial charge is 0.368 e. The number of pyridine rings is 1. The van der Waals surface area contributed by atoms with Crippen molar-refractivity contribution in [2.45, 2.75) is 13.0 Å². The molecule has 3 aromatic rings. The van der Waals surface area contributed by atoms with Crippen LogP contribution in [0.25, 0.3) is 11.0 Å². The molecule has 1 aliphatic heterocycles. The Morgan fingerprint density at radius 2 is 1.79 bits per heavy atom. The van der Waals surface area contributed by atoms with Gasteiger partial charge in [0.15, 0.2) is 0 Å². The summed E-state index contributed by atoms with van der Waals surface area (Å²) in [6.07, 6.45) is 4.15. The summed E-state index contributed by atoms with van der Waals surface area (Å²) in [4.78, 5) is 20.7. The number of carbonyl (C=O) groups excluding carboxylic acids is 1. The van der Waals surface area contributed by atoms with Crippen molar-refractivity contribution >= 4 is 22.6 Å². The summed E-state index contributed by atoms with van der Waals surface area (Å²) in [5, 5.41) is 9.82. The molecule has 7 heteroatoms. The van der Waals surface area contributed by atoms with E-state index in [0.29, 0.717) is 0 Å². The van der Waals surface area contributed by atoms with Gasteiger partial charge in [-0.15, -0.1) is 0 Å². The van der Waals surface area contributed by atoms with Gasteiger partial charge in [0.2, 0.25) is 5.91 Å². The first-order valence-corrected chi connectivity index (χ1v) is 9.52. The van der Waals surface area contributed by atoms with E-state index in [2.05, 4.69) is 44.7 Å². The van der Waals surface area contributed by atoms with Gasteiger partial charge in [0.25, 0.3) is 0 Å². The zero-order valence-corrected chi connectivity index (χ0v) is 16.0. The number of fused-ring (bicyclic) bond motifs is 1. The third-order valence-corrected chi connectivity index (χ3v) is 5.35. The van der Waals surface area contributed by atoms with E-state index in [4.69, 9.17) is 5.21 Å². The highest BCUT2D eigenvalue weighted by molar-refractivity contribution is 5.90. The first kappa shape index (κ1) is 18.5. The minimum absolute atomic E-state index is 0.166. The van der Waals surface area contributed by atoms with E-state index in [1.807, 2.05) is 30.5 Å². The molecule has 0 bridgehead atoms. The van der Waals surface area contributed by atoms with Crippen molar-refractivity contribution in [3.8, 4) is 0 Å². The molecule has 2 aromatic heterocycles. The summed E-state index contributed by atoms with van der Waals surface area (Å²) < 4.78 is 2.16. The number of nitrogens with one attached hydrogen (secondary N) is 1. The number of benzene rings is 1. The Kier molecular flexibility index (Phi) is 5.27. The SMILES string of the molecule is CN1CCN(c2ccnc3c2ccn3Cc2ccc(CC(=O)NO)cc2)CC1. The van der Waals surface area contributed by atoms with Crippen LogP contribution < -0.4 is 10.4 Å². The predicted molar refractivity (Wildman–Crippen MR) is 109 cm³/mol. The molecule has 0 unspecified atom stereocenters. The van der Waals surface area contributed by atoms with E-state index < -0.39 is 5.91 Å². The minimum Gasteiger partial charge on any atom is -0.368 e. The molecule has 2 N–H and O–H groups in total. The minimum atomic E-state index is -0.412. The van der Waals surface area contributed by atoms with Crippen LogP contribution >= 0.6 is 0 Å². The summed E-state index contributed by atoms with van der Waals surface area (Å²) in [6, 6.07) is 12.1. The van der Waals surface area contributed by atoms with Gasteiger partial charge in [-0.05, 0) is 30.3 Å². The van der Waals surface area contributed by atoms with E-state index in [1.165, 1.54) is 11.1 Å². The fourth-order valence-corrected chi connectivity index (χ4v) is 3.71. The van der Waals surface area contributed by atoms with Gasteiger partial charge in [0.1, 0.15) is 5.65 Å². The van der Waals surface area contributed by atoms with E-state index in [0.717, 1.165) is 49.5 Å². The van der Waals surface area contributed by atoms with E-state index in [-0.39, 0.29) is 6.42 Å². The van der Waals surface area contributed by atoms with Crippen molar-refractivity contribution in [3.63, 3.8) is 0 Å². The highest BCUT2D eigenvalue weighted by atomic mass is 16.5. The maximum atomic E-state index is 11.3. The lowest BCUT2D eigenvalue weighted by molar-refractivity contribution is -0.128. The summed E-state index contributed by atoms with van der Waals surface area (Å²) in [5.74, 6) is -0.412. The maximum Gasteiger partial charge on any atom is 0.247 e. The number of nitrogens with zero attached hydrogens (tertiary/aromatic N) is 4. The van der Waals surface area contributed by atoms with Gasteiger partial charge in [-0.3, -0.25) is 10.0 Å². The molecular weight excluding hydrogens is 354 g/mol. The second-order valence-electron chi connectivity index (χ2n) is 7.33. The summed E-state index contributed by atoms with van der Waals surface area (Å²) in [6.45, 7) is 4.93. The molecule has 0 radical (unpaired) electrons. The third-order valence-electron chi connectivity index (χ3n) is 5.35. The lowest BCUT2D eigenvalue weighted by Crippen LogP contribution is -2.44. The quantitative estimate of drug-likeness (QED) is 0.523. The second-order valence-corrected chi connectivity index (χ2v) is 7.33. The van der Waals surface area contributed by atoms with Gasteiger partial charge in [0, 0.05) is 56.2 Å². The fourth-order valence-electron chi connectivity index (χ4n) is 3.71. The first-order valence-electron chi connectivity index (χ1n) is 9.52. The number of rotatable bonds is 5. The number of hydrogen-bond donors (Lipinski definition) is 2. The number of hydroxylamine groups is 1. The molecule has 4 rings (SSSR count). The first-order chi connectivity index (χ1) is 13.6. The van der Waals surface area contributed by atoms with Crippen molar-refractivity contribution in [2.24, 2.45) is 0 Å². The van der Waals surface area contributed by atoms with Gasteiger partial charge >= 0.3 is 0 Å². The smallest absolute Gasteiger partial charge is 0.247 e. The Bertz CT molecular complexity index is 959. The number of hydrogen-bond acceptors (Lipinski definition) is 5. The van der Waals surface area contributed by atoms with Gasteiger partial charge in [-0.2, -0.15) is 0 Å². The zero-order valence-electron chi connectivity index (χ0n) is 16.0. The monoisotopic (exact) mass is 379 g/mol. The predicted octanol–water partition coefficient (Wildman–Crippen LogP) is 1.88. The Morgan fingerprint density at radius 3 is 2.50 bits per heavy atom. The number of carbonyl (C=O) groups is 1. The topological polar surface area (TPSA) is 73.6 Å². The molecule has 1 amide bonds. The van der Waals surface area contributed by atoms with Crippen LogP contribution in [0.2, 0.25) is 0 Å². The van der Waals surface area contributed by atoms with Crippen molar-refractivity contribution in [2.75, 3.05) is 38.1 Å². The molecule has 1 aromatic carbocycles. The highest BCUT2D eigenvalue weighted by Crippen LogP contribution is 2.27. The zero-order chi connectivity index (χ0) is 19.5. The molecule has 0 saturated carbocycles. The van der Waals surface area contributed by atoms with Crippen LogP contribution in [0.5, 0.6) is 0 Å². The number of aromatic nitrogens is 2. The molecule has 146 valence electrons. The average molecular weight is 379 g/mol. The molecule has 3 heterocycles. The number of likely N-dealkylation sites (N-methyl/N-ethyl adjacent to an activating group) is 1. The van der Waals surface area contributed by atoms with E-state index >= 15 is 0 Å². The summed E-state index contributed by atoms with van der Waals surface area (Å²) in [7, 11) is 2.16. The Hall–Kier alpha value is -2.90. The lowest BCUT2D eigenvalue weighted by atomic mass is 10.1. The van der Waals surface area contributed by atoms with Crippen molar-refractivity contribution in [1.82, 2.24) is 19.9 Å². The van der Waals surface area contributed by atoms with E-state index in [9.17, 15) is 4.79 Å². The molecule has 7 nitrogen and oxygen atoms in total. The lowest BCUT2D eigenvalue weighted by Gasteiger charge is -2.34. The number of amides is 1. The van der Waals surface area contributed by atoms with Gasteiger partial charge in [-0.1, -0.05) is 24.3 Å². The molecular formula is C21H25N5O2. The van der Waals surface area contributed by atoms with Crippen LogP contribution in [0.3, 0.4) is 0 Å². The Balaban J connectivity index is 1.53. The third kappa shape index (κ3) is 3.85. The molecule has 1 saturated heterocycles. The van der Waals surface area contributed by atoms with Crippen molar-refractivity contribution in [3.05, 3.63) is 59.9 Å². The molecule has 28 heavy (non-hydrogen) atoms. The van der Waals surface area contributed by atoms with Gasteiger partial charge < -0.3 is 14.4 Å². The van der Waals surface area contributed by atoms with Crippen LogP contribution in [0, 0.1) is 0 Å². The Labute approximate surface area is 164 Å². The van der Waals surface area contributed by atoms with Crippen molar-refractivity contribution in [1.29, 1.82) is 0 Å². The normalized spacial score (nSPS) is 15.1. The van der Waals surface area contributed by atoms with Crippen molar-refractivity contribution < 1.29 is 10.0 Å². The summed E-state index contributed by atoms with van der Waals surface area (Å²) in [5.41, 5.74) is 5.90. The van der Waals surface area contributed by atoms with Crippen LogP contribution in [0.1, 0.15) is 11.1 Å².